The van der Waals surface area contributed by atoms with Crippen LogP contribution in [-0.4, -0.2) is 15.9 Å². The van der Waals surface area contributed by atoms with E-state index in [0.717, 1.165) is 12.2 Å². The highest BCUT2D eigenvalue weighted by Crippen LogP contribution is 2.18. The maximum Gasteiger partial charge on any atom is 0.184 e. The molecule has 0 radical (unpaired) electrons. The van der Waals surface area contributed by atoms with Crippen molar-refractivity contribution in [3.8, 4) is 0 Å². The number of para-hydroxylation sites is 1. The van der Waals surface area contributed by atoms with Crippen LogP contribution in [0.3, 0.4) is 0 Å². The third kappa shape index (κ3) is 2.45. The Hall–Kier alpha value is -1.88. The fraction of sp³-hybridized carbons (Fsp3) is 0.167. The molecule has 0 bridgehead atoms. The van der Waals surface area contributed by atoms with Crippen molar-refractivity contribution in [1.82, 2.24) is 9.99 Å². The molecule has 0 spiro atoms. The van der Waals surface area contributed by atoms with Gasteiger partial charge in [-0.3, -0.25) is 5.43 Å². The average Bonchev–Trinajstić information content (AvgIpc) is 2.66. The molecule has 1 aromatic carbocycles. The number of hydrogen-bond donors (Lipinski definition) is 2. The SMILES string of the molecule is CCn1c(C=NNC(N)=S)cc2ccccc21. The van der Waals surface area contributed by atoms with Crippen molar-refractivity contribution in [2.45, 2.75) is 13.5 Å². The lowest BCUT2D eigenvalue weighted by Crippen LogP contribution is -2.24. The van der Waals surface area contributed by atoms with Crippen LogP contribution in [0.25, 0.3) is 10.9 Å². The maximum absolute atomic E-state index is 5.30. The molecule has 2 aromatic rings. The number of benzene rings is 1. The molecule has 1 aromatic heterocycles. The lowest BCUT2D eigenvalue weighted by molar-refractivity contribution is 0.791. The van der Waals surface area contributed by atoms with Gasteiger partial charge in [0, 0.05) is 17.4 Å². The summed E-state index contributed by atoms with van der Waals surface area (Å²) >= 11 is 4.68. The van der Waals surface area contributed by atoms with E-state index in [1.54, 1.807) is 6.21 Å². The molecule has 88 valence electrons. The van der Waals surface area contributed by atoms with Crippen LogP contribution in [0, 0.1) is 0 Å². The van der Waals surface area contributed by atoms with Crippen LogP contribution in [0.1, 0.15) is 12.6 Å². The van der Waals surface area contributed by atoms with E-state index in [0.29, 0.717) is 0 Å². The summed E-state index contributed by atoms with van der Waals surface area (Å²) in [4.78, 5) is 0. The summed E-state index contributed by atoms with van der Waals surface area (Å²) in [7, 11) is 0. The number of thiocarbonyl (C=S) groups is 1. The molecular formula is C12H14N4S. The Kier molecular flexibility index (Phi) is 3.39. The largest absolute Gasteiger partial charge is 0.375 e. The number of nitrogens with two attached hydrogens (primary N) is 1. The molecule has 0 aliphatic heterocycles. The number of nitrogens with one attached hydrogen (secondary N) is 1. The van der Waals surface area contributed by atoms with E-state index in [-0.39, 0.29) is 5.11 Å². The van der Waals surface area contributed by atoms with Gasteiger partial charge in [0.25, 0.3) is 0 Å². The van der Waals surface area contributed by atoms with Crippen molar-refractivity contribution in [3.63, 3.8) is 0 Å². The highest BCUT2D eigenvalue weighted by atomic mass is 32.1. The molecule has 0 saturated heterocycles. The Morgan fingerprint density at radius 3 is 3.00 bits per heavy atom. The van der Waals surface area contributed by atoms with E-state index in [1.165, 1.54) is 10.9 Å². The van der Waals surface area contributed by atoms with E-state index in [4.69, 9.17) is 5.73 Å². The second-order valence-electron chi connectivity index (χ2n) is 3.61. The van der Waals surface area contributed by atoms with Crippen LogP contribution in [0.4, 0.5) is 0 Å². The van der Waals surface area contributed by atoms with Gasteiger partial charge < -0.3 is 10.3 Å². The average molecular weight is 246 g/mol. The van der Waals surface area contributed by atoms with Gasteiger partial charge in [-0.25, -0.2) is 0 Å². The van der Waals surface area contributed by atoms with Gasteiger partial charge in [-0.1, -0.05) is 18.2 Å². The molecule has 4 nitrogen and oxygen atoms in total. The second-order valence-corrected chi connectivity index (χ2v) is 4.05. The minimum Gasteiger partial charge on any atom is -0.375 e. The van der Waals surface area contributed by atoms with Crippen molar-refractivity contribution < 1.29 is 0 Å². The van der Waals surface area contributed by atoms with Crippen molar-refractivity contribution >= 4 is 34.4 Å². The van der Waals surface area contributed by atoms with Crippen molar-refractivity contribution in [3.05, 3.63) is 36.0 Å². The normalized spacial score (nSPS) is 11.1. The van der Waals surface area contributed by atoms with Crippen LogP contribution >= 0.6 is 12.2 Å². The summed E-state index contributed by atoms with van der Waals surface area (Å²) in [6.07, 6.45) is 1.72. The molecular weight excluding hydrogens is 232 g/mol. The Morgan fingerprint density at radius 2 is 2.29 bits per heavy atom. The van der Waals surface area contributed by atoms with E-state index >= 15 is 0 Å². The quantitative estimate of drug-likeness (QED) is 0.493. The maximum atomic E-state index is 5.30. The monoisotopic (exact) mass is 246 g/mol. The minimum atomic E-state index is 0.167. The van der Waals surface area contributed by atoms with Gasteiger partial charge in [0.2, 0.25) is 0 Å². The summed E-state index contributed by atoms with van der Waals surface area (Å²) in [5, 5.41) is 5.35. The first-order chi connectivity index (χ1) is 8.22. The Morgan fingerprint density at radius 1 is 1.53 bits per heavy atom. The fourth-order valence-electron chi connectivity index (χ4n) is 1.85. The van der Waals surface area contributed by atoms with Gasteiger partial charge in [-0.05, 0) is 31.3 Å². The highest BCUT2D eigenvalue weighted by molar-refractivity contribution is 7.80. The van der Waals surface area contributed by atoms with Gasteiger partial charge >= 0.3 is 0 Å². The number of nitrogens with zero attached hydrogens (tertiary/aromatic N) is 2. The molecule has 3 N–H and O–H groups in total. The van der Waals surface area contributed by atoms with E-state index < -0.39 is 0 Å². The molecule has 0 amide bonds. The Labute approximate surface area is 105 Å². The highest BCUT2D eigenvalue weighted by Gasteiger charge is 2.04. The molecule has 5 heteroatoms. The first-order valence-corrected chi connectivity index (χ1v) is 5.80. The number of hydrogen-bond acceptors (Lipinski definition) is 2. The smallest absolute Gasteiger partial charge is 0.184 e. The summed E-state index contributed by atoms with van der Waals surface area (Å²) in [5.41, 5.74) is 10.1. The number of aromatic nitrogens is 1. The van der Waals surface area contributed by atoms with Gasteiger partial charge in [0.15, 0.2) is 5.11 Å². The van der Waals surface area contributed by atoms with Gasteiger partial charge in [0.1, 0.15) is 0 Å². The molecule has 1 heterocycles. The van der Waals surface area contributed by atoms with Crippen LogP contribution in [0.15, 0.2) is 35.4 Å². The Balaban J connectivity index is 2.39. The molecule has 2 rings (SSSR count). The first kappa shape index (κ1) is 11.6. The van der Waals surface area contributed by atoms with Crippen LogP contribution < -0.4 is 11.2 Å². The molecule has 0 atom stereocenters. The standard InChI is InChI=1S/C12H14N4S/c1-2-16-10(8-14-15-12(13)17)7-9-5-3-4-6-11(9)16/h3-8H,2H2,1H3,(H3,13,15,17). The summed E-state index contributed by atoms with van der Waals surface area (Å²) < 4.78 is 2.18. The van der Waals surface area contributed by atoms with Crippen molar-refractivity contribution in [2.75, 3.05) is 0 Å². The topological polar surface area (TPSA) is 55.3 Å². The summed E-state index contributed by atoms with van der Waals surface area (Å²) in [6.45, 7) is 2.99. The lowest BCUT2D eigenvalue weighted by Gasteiger charge is -2.03. The zero-order chi connectivity index (χ0) is 12.3. The fourth-order valence-corrected chi connectivity index (χ4v) is 1.91. The number of aryl methyl sites for hydroxylation is 1. The predicted octanol–water partition coefficient (Wildman–Crippen LogP) is 1.83. The third-order valence-electron chi connectivity index (χ3n) is 2.53. The van der Waals surface area contributed by atoms with Crippen LogP contribution in [-0.2, 0) is 6.54 Å². The molecule has 0 aliphatic rings. The lowest BCUT2D eigenvalue weighted by atomic mass is 10.2. The Bertz CT molecular complexity index is 571. The van der Waals surface area contributed by atoms with Crippen LogP contribution in [0.5, 0.6) is 0 Å². The van der Waals surface area contributed by atoms with Crippen LogP contribution in [0.2, 0.25) is 0 Å². The van der Waals surface area contributed by atoms with Gasteiger partial charge in [0.05, 0.1) is 11.9 Å². The number of rotatable bonds is 3. The first-order valence-electron chi connectivity index (χ1n) is 5.39. The molecule has 0 aliphatic carbocycles. The number of fused-ring (bicyclic) bond motifs is 1. The van der Waals surface area contributed by atoms with Crippen molar-refractivity contribution in [1.29, 1.82) is 0 Å². The predicted molar refractivity (Wildman–Crippen MR) is 75.1 cm³/mol. The second kappa shape index (κ2) is 4.97. The van der Waals surface area contributed by atoms with Gasteiger partial charge in [-0.15, -0.1) is 0 Å². The van der Waals surface area contributed by atoms with E-state index in [2.05, 4.69) is 52.4 Å². The summed E-state index contributed by atoms with van der Waals surface area (Å²) in [6, 6.07) is 10.3. The van der Waals surface area contributed by atoms with E-state index in [9.17, 15) is 0 Å². The third-order valence-corrected chi connectivity index (χ3v) is 2.62. The molecule has 0 fully saturated rings. The zero-order valence-corrected chi connectivity index (χ0v) is 10.4. The minimum absolute atomic E-state index is 0.167. The summed E-state index contributed by atoms with van der Waals surface area (Å²) in [5.74, 6) is 0. The van der Waals surface area contributed by atoms with E-state index in [1.807, 2.05) is 12.1 Å². The van der Waals surface area contributed by atoms with Crippen molar-refractivity contribution in [2.24, 2.45) is 10.8 Å². The zero-order valence-electron chi connectivity index (χ0n) is 9.55. The molecule has 17 heavy (non-hydrogen) atoms. The number of hydrazone groups is 1. The van der Waals surface area contributed by atoms with Gasteiger partial charge in [-0.2, -0.15) is 5.10 Å². The molecule has 0 saturated carbocycles. The molecule has 0 unspecified atom stereocenters.